The van der Waals surface area contributed by atoms with Gasteiger partial charge in [-0.1, -0.05) is 39.3 Å². The quantitative estimate of drug-likeness (QED) is 0.120. The molecule has 2 aliphatic heterocycles. The Bertz CT molecular complexity index is 2280. The first-order chi connectivity index (χ1) is 27.9. The molecule has 0 bridgehead atoms. The number of H-pyrrole nitrogens is 1. The number of amides is 2. The molecule has 2 aliphatic rings. The van der Waals surface area contributed by atoms with Gasteiger partial charge in [-0.2, -0.15) is 0 Å². The lowest BCUT2D eigenvalue weighted by atomic mass is 9.78. The fraction of sp³-hybridized carbons (Fsp3) is 0.477. The second-order valence-corrected chi connectivity index (χ2v) is 17.9. The van der Waals surface area contributed by atoms with Crippen LogP contribution in [-0.2, 0) is 36.5 Å². The van der Waals surface area contributed by atoms with Crippen molar-refractivity contribution in [2.24, 2.45) is 0 Å². The zero-order chi connectivity index (χ0) is 42.9. The van der Waals surface area contributed by atoms with E-state index in [0.717, 1.165) is 32.5 Å². The highest BCUT2D eigenvalue weighted by Gasteiger charge is 2.51. The molecule has 15 heteroatoms. The number of alkyl carbamates (subject to hydrolysis) is 1. The Hall–Kier alpha value is -4.70. The Morgan fingerprint density at radius 3 is 2.42 bits per heavy atom. The van der Waals surface area contributed by atoms with E-state index < -0.39 is 36.5 Å². The van der Waals surface area contributed by atoms with Gasteiger partial charge >= 0.3 is 13.2 Å². The molecule has 3 aromatic heterocycles. The van der Waals surface area contributed by atoms with Crippen LogP contribution in [0, 0.1) is 5.82 Å². The maximum atomic E-state index is 16.6. The third kappa shape index (κ3) is 9.23. The molecule has 2 N–H and O–H groups in total. The van der Waals surface area contributed by atoms with Gasteiger partial charge < -0.3 is 38.7 Å². The van der Waals surface area contributed by atoms with Gasteiger partial charge in [-0.05, 0) is 89.8 Å². The zero-order valence-corrected chi connectivity index (χ0v) is 36.9. The van der Waals surface area contributed by atoms with Gasteiger partial charge in [0.25, 0.3) is 0 Å². The number of thiophene rings is 1. The number of hydrogen-bond acceptors (Lipinski definition) is 9. The smallest absolute Gasteiger partial charge is 0.464 e. The Kier molecular flexibility index (Phi) is 13.0. The first-order valence-corrected chi connectivity index (χ1v) is 21.0. The molecule has 1 atom stereocenters. The molecule has 2 amide bonds. The number of benzene rings is 2. The summed E-state index contributed by atoms with van der Waals surface area (Å²) in [5.41, 5.74) is 2.58. The number of nitrogens with zero attached hydrogens (tertiary/aromatic N) is 3. The number of ether oxygens (including phenoxy) is 3. The van der Waals surface area contributed by atoms with Gasteiger partial charge in [0.05, 0.1) is 64.0 Å². The molecular weight excluding hydrogens is 772 g/mol. The maximum Gasteiger partial charge on any atom is 0.494 e. The van der Waals surface area contributed by atoms with Crippen molar-refractivity contribution in [2.75, 3.05) is 27.3 Å². The number of fused-ring (bicyclic) bond motifs is 5. The summed E-state index contributed by atoms with van der Waals surface area (Å²) in [4.78, 5) is 35.9. The number of aromatic amines is 1. The first kappa shape index (κ1) is 43.9. The predicted octanol–water partition coefficient (Wildman–Crippen LogP) is 8.62. The number of carbonyl (C=O) groups is 2. The van der Waals surface area contributed by atoms with Gasteiger partial charge in [-0.15, -0.1) is 11.3 Å². The van der Waals surface area contributed by atoms with E-state index in [4.69, 9.17) is 18.8 Å². The molecule has 0 saturated carbocycles. The van der Waals surface area contributed by atoms with E-state index in [-0.39, 0.29) is 24.6 Å². The van der Waals surface area contributed by atoms with Crippen LogP contribution in [-0.4, -0.2) is 82.7 Å². The van der Waals surface area contributed by atoms with Gasteiger partial charge in [-0.3, -0.25) is 9.36 Å². The minimum atomic E-state index is -0.685. The van der Waals surface area contributed by atoms with E-state index in [1.54, 1.807) is 29.5 Å². The third-order valence-corrected chi connectivity index (χ3v) is 12.1. The Balaban J connectivity index is 0.00000189. The maximum absolute atomic E-state index is 16.6. The van der Waals surface area contributed by atoms with Crippen LogP contribution in [0.2, 0.25) is 0 Å². The van der Waals surface area contributed by atoms with Crippen molar-refractivity contribution in [1.82, 2.24) is 24.8 Å². The third-order valence-electron chi connectivity index (χ3n) is 10.9. The molecule has 12 nitrogen and oxygen atoms in total. The summed E-state index contributed by atoms with van der Waals surface area (Å²) in [6, 6.07) is 15.6. The Morgan fingerprint density at radius 2 is 1.76 bits per heavy atom. The van der Waals surface area contributed by atoms with E-state index >= 15 is 4.39 Å². The van der Waals surface area contributed by atoms with Gasteiger partial charge in [0.15, 0.2) is 0 Å². The van der Waals surface area contributed by atoms with E-state index in [9.17, 15) is 9.59 Å². The Labute approximate surface area is 350 Å². The van der Waals surface area contributed by atoms with Crippen molar-refractivity contribution in [3.05, 3.63) is 76.1 Å². The van der Waals surface area contributed by atoms with Gasteiger partial charge in [-0.25, -0.2) is 14.2 Å². The average molecular weight is 830 g/mol. The second-order valence-electron chi connectivity index (χ2n) is 16.7. The minimum absolute atomic E-state index is 0.177. The largest absolute Gasteiger partial charge is 0.494 e. The van der Waals surface area contributed by atoms with Crippen LogP contribution in [0.1, 0.15) is 97.0 Å². The highest BCUT2D eigenvalue weighted by Crippen LogP contribution is 2.48. The zero-order valence-electron chi connectivity index (χ0n) is 36.1. The lowest BCUT2D eigenvalue weighted by Crippen LogP contribution is -2.41. The van der Waals surface area contributed by atoms with Crippen molar-refractivity contribution in [3.8, 4) is 28.3 Å². The van der Waals surface area contributed by atoms with Gasteiger partial charge in [0, 0.05) is 35.9 Å². The molecule has 1 saturated heterocycles. The number of carbonyl (C=O) groups excluding carboxylic acids is 2. The van der Waals surface area contributed by atoms with Gasteiger partial charge in [0.2, 0.25) is 12.1 Å². The molecule has 0 radical (unpaired) electrons. The van der Waals surface area contributed by atoms with Crippen LogP contribution in [0.5, 0.6) is 5.75 Å². The predicted molar refractivity (Wildman–Crippen MR) is 231 cm³/mol. The van der Waals surface area contributed by atoms with E-state index in [1.165, 1.54) is 19.6 Å². The van der Waals surface area contributed by atoms with Crippen LogP contribution in [0.15, 0.2) is 54.7 Å². The SMILES string of the molecule is CCC.CCCN(Cc1ncc(-c2cc(F)c3c(c2)OC(c2ccc(CC(C)(C)OC)s2)n2c-3cc3cc(B4OC(C)(C)C(C)(C)O4)ccc32)[nH]1)C(=O)CNC(=O)OC. The van der Waals surface area contributed by atoms with Crippen molar-refractivity contribution in [3.63, 3.8) is 0 Å². The number of halogens is 1. The minimum Gasteiger partial charge on any atom is -0.464 e. The van der Waals surface area contributed by atoms with Crippen molar-refractivity contribution < 1.29 is 37.5 Å². The number of rotatable bonds is 12. The second kappa shape index (κ2) is 17.5. The van der Waals surface area contributed by atoms with Crippen molar-refractivity contribution >= 4 is 46.8 Å². The topological polar surface area (TPSA) is 129 Å². The molecular formula is C44H57BFN5O7S. The van der Waals surface area contributed by atoms with Crippen LogP contribution < -0.4 is 15.5 Å². The van der Waals surface area contributed by atoms with Crippen LogP contribution >= 0.6 is 11.3 Å². The number of imidazole rings is 1. The van der Waals surface area contributed by atoms with Crippen LogP contribution in [0.3, 0.4) is 0 Å². The summed E-state index contributed by atoms with van der Waals surface area (Å²) in [6.07, 6.45) is 3.03. The molecule has 1 fully saturated rings. The summed E-state index contributed by atoms with van der Waals surface area (Å²) in [7, 11) is 2.41. The van der Waals surface area contributed by atoms with Gasteiger partial charge in [0.1, 0.15) is 23.9 Å². The summed E-state index contributed by atoms with van der Waals surface area (Å²) in [5, 5.41) is 3.34. The normalized spacial score (nSPS) is 16.5. The Morgan fingerprint density at radius 1 is 1.05 bits per heavy atom. The highest BCUT2D eigenvalue weighted by atomic mass is 32.1. The van der Waals surface area contributed by atoms with Crippen LogP contribution in [0.25, 0.3) is 33.4 Å². The molecule has 0 spiro atoms. The van der Waals surface area contributed by atoms with E-state index in [2.05, 4.69) is 70.5 Å². The fourth-order valence-corrected chi connectivity index (χ4v) is 8.29. The molecule has 7 rings (SSSR count). The van der Waals surface area contributed by atoms with Crippen molar-refractivity contribution in [1.29, 1.82) is 0 Å². The monoisotopic (exact) mass is 829 g/mol. The fourth-order valence-electron chi connectivity index (χ4n) is 7.04. The first-order valence-electron chi connectivity index (χ1n) is 20.2. The summed E-state index contributed by atoms with van der Waals surface area (Å²) in [5.74, 6) is 0.175. The lowest BCUT2D eigenvalue weighted by molar-refractivity contribution is -0.130. The molecule has 316 valence electrons. The summed E-state index contributed by atoms with van der Waals surface area (Å²) >= 11 is 1.64. The molecule has 1 unspecified atom stereocenters. The number of methoxy groups -OCH3 is 2. The van der Waals surface area contributed by atoms with E-state index in [0.29, 0.717) is 47.1 Å². The molecule has 0 aliphatic carbocycles. The summed E-state index contributed by atoms with van der Waals surface area (Å²) in [6.45, 7) is 18.9. The average Bonchev–Trinajstić information content (AvgIpc) is 3.97. The number of nitrogens with one attached hydrogen (secondary N) is 2. The van der Waals surface area contributed by atoms with Crippen LogP contribution in [0.4, 0.5) is 9.18 Å². The lowest BCUT2D eigenvalue weighted by Gasteiger charge is -2.32. The highest BCUT2D eigenvalue weighted by molar-refractivity contribution is 7.12. The van der Waals surface area contributed by atoms with Crippen molar-refractivity contribution in [2.45, 2.75) is 111 Å². The van der Waals surface area contributed by atoms with E-state index in [1.807, 2.05) is 58.9 Å². The standard InChI is InChI=1S/C41H49BFN5O7S.C3H8/c1-10-15-47(35(49)22-45-38(50)51-8)23-34-44-21-29(46-34)24-17-28(43)36-31-18-25-16-26(42-54-40(4,5)41(6,7)55-42)11-13-30(25)48(31)37(53-32(36)19-24)33-14-12-27(56-33)20-39(2,3)52-9;1-3-2/h11-14,16-19,21,37H,10,15,20,22-23H2,1-9H3,(H,44,46)(H,45,50);3H2,1-2H3. The molecule has 2 aromatic carbocycles. The molecule has 5 aromatic rings. The summed E-state index contributed by atoms with van der Waals surface area (Å²) < 4.78 is 48.6. The number of hydrogen-bond donors (Lipinski definition) is 2. The molecule has 5 heterocycles. The molecule has 59 heavy (non-hydrogen) atoms. The number of aromatic nitrogens is 3.